The molecule has 0 N–H and O–H groups in total. The molecule has 206 valence electrons. The van der Waals surface area contributed by atoms with Crippen LogP contribution in [0.5, 0.6) is 0 Å². The molecule has 5 aromatic rings. The zero-order valence-electron chi connectivity index (χ0n) is 20.0. The summed E-state index contributed by atoms with van der Waals surface area (Å²) in [7, 11) is 0. The van der Waals surface area contributed by atoms with E-state index in [0.717, 1.165) is 46.8 Å². The van der Waals surface area contributed by atoms with Crippen molar-refractivity contribution in [2.24, 2.45) is 0 Å². The van der Waals surface area contributed by atoms with Crippen LogP contribution in [0, 0.1) is 0 Å². The van der Waals surface area contributed by atoms with Gasteiger partial charge >= 0.3 is 12.4 Å². The summed E-state index contributed by atoms with van der Waals surface area (Å²) in [6.07, 6.45) is -9.20. The molecule has 5 rings (SSSR count). The molecule has 0 saturated heterocycles. The van der Waals surface area contributed by atoms with E-state index in [2.05, 4.69) is 19.9 Å². The smallest absolute Gasteiger partial charge is 0.222 e. The van der Waals surface area contributed by atoms with Crippen molar-refractivity contribution >= 4 is 46.2 Å². The molecule has 0 bridgehead atoms. The summed E-state index contributed by atoms with van der Waals surface area (Å²) in [5.41, 5.74) is 0.0811. The molecule has 0 amide bonds. The Morgan fingerprint density at radius 1 is 0.575 bits per heavy atom. The van der Waals surface area contributed by atoms with E-state index in [4.69, 9.17) is 0 Å². The molecule has 4 heterocycles. The summed E-state index contributed by atoms with van der Waals surface area (Å²) >= 11 is 4.76. The minimum absolute atomic E-state index is 0.0149. The van der Waals surface area contributed by atoms with Gasteiger partial charge in [0.25, 0.3) is 0 Å². The second-order valence-corrected chi connectivity index (χ2v) is 12.0. The molecule has 0 atom stereocenters. The Hall–Kier alpha value is -2.94. The minimum atomic E-state index is -4.60. The lowest BCUT2D eigenvalue weighted by molar-refractivity contribution is -0.142. The van der Waals surface area contributed by atoms with E-state index >= 15 is 0 Å². The molecule has 4 nitrogen and oxygen atoms in total. The van der Waals surface area contributed by atoms with Crippen molar-refractivity contribution < 1.29 is 26.3 Å². The highest BCUT2D eigenvalue weighted by Gasteiger charge is 2.35. The Morgan fingerprint density at radius 2 is 0.975 bits per heavy atom. The van der Waals surface area contributed by atoms with Crippen LogP contribution >= 0.6 is 46.2 Å². The van der Waals surface area contributed by atoms with Crippen LogP contribution in [0.4, 0.5) is 26.3 Å². The van der Waals surface area contributed by atoms with E-state index in [1.807, 2.05) is 0 Å². The number of benzene rings is 1. The number of rotatable bonds is 8. The van der Waals surface area contributed by atoms with Gasteiger partial charge in [-0.15, -0.1) is 22.7 Å². The maximum Gasteiger partial charge on any atom is 0.433 e. The van der Waals surface area contributed by atoms with Crippen LogP contribution < -0.4 is 0 Å². The number of thiophene rings is 2. The number of alkyl halides is 6. The van der Waals surface area contributed by atoms with E-state index in [0.29, 0.717) is 21.3 Å². The average molecular weight is 627 g/mol. The third-order valence-corrected chi connectivity index (χ3v) is 8.92. The number of thioether (sulfide) groups is 2. The van der Waals surface area contributed by atoms with Crippen molar-refractivity contribution in [1.82, 2.24) is 19.9 Å². The van der Waals surface area contributed by atoms with Crippen LogP contribution in [-0.4, -0.2) is 19.9 Å². The van der Waals surface area contributed by atoms with Crippen molar-refractivity contribution in [3.05, 3.63) is 93.9 Å². The second-order valence-electron chi connectivity index (χ2n) is 8.19. The van der Waals surface area contributed by atoms with E-state index in [1.165, 1.54) is 22.7 Å². The van der Waals surface area contributed by atoms with Crippen molar-refractivity contribution in [2.75, 3.05) is 0 Å². The summed E-state index contributed by atoms with van der Waals surface area (Å²) in [4.78, 5) is 17.2. The fraction of sp³-hybridized carbons (Fsp3) is 0.154. The van der Waals surface area contributed by atoms with E-state index in [9.17, 15) is 26.3 Å². The lowest BCUT2D eigenvalue weighted by Gasteiger charge is -2.10. The lowest BCUT2D eigenvalue weighted by Crippen LogP contribution is -2.10. The number of aromatic nitrogens is 4. The molecule has 4 aromatic heterocycles. The van der Waals surface area contributed by atoms with Crippen LogP contribution in [0.15, 0.2) is 81.7 Å². The number of nitrogens with zero attached hydrogens (tertiary/aromatic N) is 4. The maximum atomic E-state index is 13.4. The van der Waals surface area contributed by atoms with Gasteiger partial charge in [-0.05, 0) is 46.2 Å². The molecule has 0 radical (unpaired) electrons. The quantitative estimate of drug-likeness (QED) is 0.0972. The molecule has 1 aromatic carbocycles. The van der Waals surface area contributed by atoms with Gasteiger partial charge in [-0.25, -0.2) is 19.9 Å². The Bertz CT molecular complexity index is 1450. The first-order valence-corrected chi connectivity index (χ1v) is 15.1. The molecule has 0 saturated carbocycles. The van der Waals surface area contributed by atoms with Gasteiger partial charge in [-0.2, -0.15) is 26.3 Å². The summed E-state index contributed by atoms with van der Waals surface area (Å²) in [5, 5.41) is 3.56. The fourth-order valence-corrected chi connectivity index (χ4v) is 6.40. The first kappa shape index (κ1) is 28.6. The molecule has 0 aliphatic carbocycles. The maximum absolute atomic E-state index is 13.4. The fourth-order valence-electron chi connectivity index (χ4n) is 3.40. The van der Waals surface area contributed by atoms with Gasteiger partial charge in [0.1, 0.15) is 11.4 Å². The van der Waals surface area contributed by atoms with Gasteiger partial charge in [0, 0.05) is 11.5 Å². The average Bonchev–Trinajstić information content (AvgIpc) is 3.65. The van der Waals surface area contributed by atoms with Gasteiger partial charge in [0.05, 0.1) is 21.1 Å². The number of halogens is 6. The zero-order valence-corrected chi connectivity index (χ0v) is 23.3. The normalized spacial score (nSPS) is 12.2. The molecular weight excluding hydrogens is 611 g/mol. The van der Waals surface area contributed by atoms with Crippen LogP contribution in [0.2, 0.25) is 0 Å². The predicted molar refractivity (Wildman–Crippen MR) is 146 cm³/mol. The highest BCUT2D eigenvalue weighted by molar-refractivity contribution is 7.98. The Morgan fingerprint density at radius 3 is 1.30 bits per heavy atom. The molecule has 0 unspecified atom stereocenters. The molecule has 0 spiro atoms. The molecule has 0 aliphatic rings. The van der Waals surface area contributed by atoms with E-state index in [1.54, 1.807) is 59.3 Å². The van der Waals surface area contributed by atoms with Gasteiger partial charge in [-0.3, -0.25) is 0 Å². The second kappa shape index (κ2) is 11.9. The zero-order chi connectivity index (χ0) is 28.3. The number of hydrogen-bond donors (Lipinski definition) is 0. The van der Waals surface area contributed by atoms with Crippen LogP contribution in [0.3, 0.4) is 0 Å². The topological polar surface area (TPSA) is 51.6 Å². The minimum Gasteiger partial charge on any atom is -0.222 e. The van der Waals surface area contributed by atoms with Gasteiger partial charge in [0.15, 0.2) is 10.3 Å². The van der Waals surface area contributed by atoms with Crippen LogP contribution in [0.1, 0.15) is 22.5 Å². The summed E-state index contributed by atoms with van der Waals surface area (Å²) < 4.78 is 80.4. The Kier molecular flexibility index (Phi) is 8.50. The summed E-state index contributed by atoms with van der Waals surface area (Å²) in [6, 6.07) is 16.0. The monoisotopic (exact) mass is 626 g/mol. The SMILES string of the molecule is FC(F)(F)c1cc(-c2cccs2)nc(SCc2ccc(CSc3nc(-c4cccs4)cc(C(F)(F)F)n3)cc2)n1. The van der Waals surface area contributed by atoms with Crippen LogP contribution in [0.25, 0.3) is 21.1 Å². The molecule has 0 fully saturated rings. The van der Waals surface area contributed by atoms with Crippen molar-refractivity contribution in [3.8, 4) is 21.1 Å². The molecule has 0 aliphatic heterocycles. The van der Waals surface area contributed by atoms with Gasteiger partial charge < -0.3 is 0 Å². The van der Waals surface area contributed by atoms with Gasteiger partial charge in [0.2, 0.25) is 0 Å². The van der Waals surface area contributed by atoms with Crippen molar-refractivity contribution in [1.29, 1.82) is 0 Å². The highest BCUT2D eigenvalue weighted by Crippen LogP contribution is 2.35. The molecule has 40 heavy (non-hydrogen) atoms. The third-order valence-electron chi connectivity index (χ3n) is 5.30. The van der Waals surface area contributed by atoms with Crippen molar-refractivity contribution in [3.63, 3.8) is 0 Å². The largest absolute Gasteiger partial charge is 0.433 e. The molecular formula is C26H16F6N4S4. The Balaban J connectivity index is 1.26. The van der Waals surface area contributed by atoms with Crippen molar-refractivity contribution in [2.45, 2.75) is 34.2 Å². The van der Waals surface area contributed by atoms with E-state index in [-0.39, 0.29) is 21.7 Å². The summed E-state index contributed by atoms with van der Waals surface area (Å²) in [5.74, 6) is 0.666. The lowest BCUT2D eigenvalue weighted by atomic mass is 10.2. The standard InChI is InChI=1S/C26H16F6N4S4/c27-25(28,29)21-11-17(19-3-1-9-37-19)33-23(35-21)39-13-15-5-7-16(8-6-15)14-40-24-34-18(20-4-2-10-38-20)12-22(36-24)26(30,31)32/h1-12H,13-14H2. The third kappa shape index (κ3) is 7.22. The first-order chi connectivity index (χ1) is 19.0. The molecule has 14 heteroatoms. The Labute approximate surface area is 241 Å². The highest BCUT2D eigenvalue weighted by atomic mass is 32.2. The van der Waals surface area contributed by atoms with Crippen LogP contribution in [-0.2, 0) is 23.9 Å². The first-order valence-electron chi connectivity index (χ1n) is 11.4. The van der Waals surface area contributed by atoms with Gasteiger partial charge in [-0.1, -0.05) is 59.9 Å². The predicted octanol–water partition coefficient (Wildman–Crippen LogP) is 9.35. The summed E-state index contributed by atoms with van der Waals surface area (Å²) in [6.45, 7) is 0. The number of hydrogen-bond acceptors (Lipinski definition) is 8. The van der Waals surface area contributed by atoms with E-state index < -0.39 is 23.7 Å².